The van der Waals surface area contributed by atoms with Crippen molar-refractivity contribution in [3.63, 3.8) is 0 Å². The lowest BCUT2D eigenvalue weighted by molar-refractivity contribution is 0.189. The van der Waals surface area contributed by atoms with Crippen molar-refractivity contribution in [2.24, 2.45) is 0 Å². The molecule has 0 radical (unpaired) electrons. The first-order valence-corrected chi connectivity index (χ1v) is 4.85. The van der Waals surface area contributed by atoms with Crippen molar-refractivity contribution in [1.82, 2.24) is 10.1 Å². The van der Waals surface area contributed by atoms with Gasteiger partial charge >= 0.3 is 0 Å². The Bertz CT molecular complexity index is 300. The van der Waals surface area contributed by atoms with Crippen molar-refractivity contribution >= 4 is 0 Å². The Morgan fingerprint density at radius 3 is 2.77 bits per heavy atom. The zero-order valence-corrected chi connectivity index (χ0v) is 7.40. The van der Waals surface area contributed by atoms with Crippen molar-refractivity contribution in [1.29, 1.82) is 0 Å². The first kappa shape index (κ1) is 7.50. The third kappa shape index (κ3) is 1.35. The summed E-state index contributed by atoms with van der Waals surface area (Å²) in [4.78, 5) is 4.40. The van der Waals surface area contributed by atoms with Crippen molar-refractivity contribution in [2.75, 3.05) is 13.2 Å². The standard InChI is InChI=1S/C9H12N2O2/c1-2-6(1)8-10-9(13-11-8)7-3-4-12-5-7/h6-7H,1-5H2. The van der Waals surface area contributed by atoms with Gasteiger partial charge in [0.05, 0.1) is 12.5 Å². The van der Waals surface area contributed by atoms with Gasteiger partial charge in [0.1, 0.15) is 0 Å². The lowest BCUT2D eigenvalue weighted by Crippen LogP contribution is -1.97. The molecule has 2 heterocycles. The van der Waals surface area contributed by atoms with Gasteiger partial charge in [-0.25, -0.2) is 0 Å². The van der Waals surface area contributed by atoms with E-state index in [0.29, 0.717) is 11.8 Å². The van der Waals surface area contributed by atoms with Crippen LogP contribution in [0.25, 0.3) is 0 Å². The van der Waals surface area contributed by atoms with E-state index in [-0.39, 0.29) is 0 Å². The Kier molecular flexibility index (Phi) is 1.62. The van der Waals surface area contributed by atoms with E-state index in [2.05, 4.69) is 10.1 Å². The van der Waals surface area contributed by atoms with Crippen LogP contribution in [-0.2, 0) is 4.74 Å². The maximum Gasteiger partial charge on any atom is 0.232 e. The van der Waals surface area contributed by atoms with Crippen LogP contribution in [0, 0.1) is 0 Å². The fraction of sp³-hybridized carbons (Fsp3) is 0.778. The molecule has 1 aromatic heterocycles. The van der Waals surface area contributed by atoms with Crippen LogP contribution in [0.2, 0.25) is 0 Å². The molecule has 1 saturated carbocycles. The number of rotatable bonds is 2. The summed E-state index contributed by atoms with van der Waals surface area (Å²) in [6.45, 7) is 1.57. The number of ether oxygens (including phenoxy) is 1. The van der Waals surface area contributed by atoms with Crippen LogP contribution >= 0.6 is 0 Å². The maximum atomic E-state index is 5.27. The molecule has 0 aromatic carbocycles. The van der Waals surface area contributed by atoms with Gasteiger partial charge in [-0.05, 0) is 19.3 Å². The van der Waals surface area contributed by atoms with Crippen LogP contribution in [0.5, 0.6) is 0 Å². The Morgan fingerprint density at radius 2 is 2.08 bits per heavy atom. The first-order valence-electron chi connectivity index (χ1n) is 4.85. The molecule has 3 rings (SSSR count). The highest BCUT2D eigenvalue weighted by Gasteiger charge is 2.31. The van der Waals surface area contributed by atoms with Gasteiger partial charge < -0.3 is 9.26 Å². The molecule has 1 atom stereocenters. The summed E-state index contributed by atoms with van der Waals surface area (Å²) < 4.78 is 10.5. The third-order valence-corrected chi connectivity index (χ3v) is 2.68. The highest BCUT2D eigenvalue weighted by atomic mass is 16.5. The number of nitrogens with zero attached hydrogens (tertiary/aromatic N) is 2. The molecular formula is C9H12N2O2. The molecule has 1 aliphatic heterocycles. The van der Waals surface area contributed by atoms with Crippen LogP contribution in [0.1, 0.15) is 42.8 Å². The molecule has 2 fully saturated rings. The molecule has 13 heavy (non-hydrogen) atoms. The molecule has 0 N–H and O–H groups in total. The molecule has 0 bridgehead atoms. The van der Waals surface area contributed by atoms with Crippen LogP contribution < -0.4 is 0 Å². The highest BCUT2D eigenvalue weighted by Crippen LogP contribution is 2.38. The number of aromatic nitrogens is 2. The Balaban J connectivity index is 1.79. The molecule has 0 spiro atoms. The predicted octanol–water partition coefficient (Wildman–Crippen LogP) is 1.45. The van der Waals surface area contributed by atoms with Gasteiger partial charge in [-0.2, -0.15) is 4.98 Å². The largest absolute Gasteiger partial charge is 0.381 e. The molecular weight excluding hydrogens is 168 g/mol. The second-order valence-corrected chi connectivity index (χ2v) is 3.83. The zero-order chi connectivity index (χ0) is 8.67. The van der Waals surface area contributed by atoms with Gasteiger partial charge in [-0.15, -0.1) is 0 Å². The molecule has 0 amide bonds. The topological polar surface area (TPSA) is 48.2 Å². The Morgan fingerprint density at radius 1 is 1.15 bits per heavy atom. The smallest absolute Gasteiger partial charge is 0.232 e. The summed E-state index contributed by atoms with van der Waals surface area (Å²) in [7, 11) is 0. The van der Waals surface area contributed by atoms with Crippen LogP contribution in [-0.4, -0.2) is 23.4 Å². The molecule has 4 nitrogen and oxygen atoms in total. The van der Waals surface area contributed by atoms with Crippen molar-refractivity contribution in [3.8, 4) is 0 Å². The zero-order valence-electron chi connectivity index (χ0n) is 7.40. The molecule has 1 saturated heterocycles. The lowest BCUT2D eigenvalue weighted by Gasteiger charge is -1.97. The first-order chi connectivity index (χ1) is 6.43. The minimum atomic E-state index is 0.347. The van der Waals surface area contributed by atoms with E-state index in [1.807, 2.05) is 0 Å². The predicted molar refractivity (Wildman–Crippen MR) is 44.5 cm³/mol. The van der Waals surface area contributed by atoms with E-state index in [4.69, 9.17) is 9.26 Å². The summed E-state index contributed by atoms with van der Waals surface area (Å²) in [6.07, 6.45) is 3.46. The average Bonchev–Trinajstić information content (AvgIpc) is 2.72. The highest BCUT2D eigenvalue weighted by molar-refractivity contribution is 5.05. The quantitative estimate of drug-likeness (QED) is 0.691. The minimum absolute atomic E-state index is 0.347. The summed E-state index contributed by atoms with van der Waals surface area (Å²) in [5.74, 6) is 2.61. The summed E-state index contributed by atoms with van der Waals surface area (Å²) in [5, 5.41) is 3.98. The van der Waals surface area contributed by atoms with Crippen molar-refractivity contribution in [2.45, 2.75) is 31.1 Å². The summed E-state index contributed by atoms with van der Waals surface area (Å²) >= 11 is 0. The van der Waals surface area contributed by atoms with Gasteiger partial charge in [0, 0.05) is 12.5 Å². The van der Waals surface area contributed by atoms with Gasteiger partial charge in [-0.1, -0.05) is 5.16 Å². The van der Waals surface area contributed by atoms with E-state index < -0.39 is 0 Å². The van der Waals surface area contributed by atoms with Gasteiger partial charge in [0.25, 0.3) is 0 Å². The van der Waals surface area contributed by atoms with Gasteiger partial charge in [0.15, 0.2) is 5.82 Å². The van der Waals surface area contributed by atoms with Crippen LogP contribution in [0.3, 0.4) is 0 Å². The van der Waals surface area contributed by atoms with Crippen molar-refractivity contribution in [3.05, 3.63) is 11.7 Å². The van der Waals surface area contributed by atoms with Gasteiger partial charge in [0.2, 0.25) is 5.89 Å². The average molecular weight is 180 g/mol. The Hall–Kier alpha value is -0.900. The lowest BCUT2D eigenvalue weighted by atomic mass is 10.1. The second kappa shape index (κ2) is 2.80. The monoisotopic (exact) mass is 180 g/mol. The molecule has 1 aliphatic carbocycles. The fourth-order valence-electron chi connectivity index (χ4n) is 1.65. The van der Waals surface area contributed by atoms with E-state index in [0.717, 1.165) is 31.3 Å². The van der Waals surface area contributed by atoms with E-state index in [1.54, 1.807) is 0 Å². The molecule has 1 aromatic rings. The molecule has 1 unspecified atom stereocenters. The normalized spacial score (nSPS) is 28.2. The van der Waals surface area contributed by atoms with Crippen molar-refractivity contribution < 1.29 is 9.26 Å². The Labute approximate surface area is 76.3 Å². The third-order valence-electron chi connectivity index (χ3n) is 2.68. The van der Waals surface area contributed by atoms with E-state index >= 15 is 0 Å². The summed E-state index contributed by atoms with van der Waals surface area (Å²) in [6, 6.07) is 0. The summed E-state index contributed by atoms with van der Waals surface area (Å²) in [5.41, 5.74) is 0. The van der Waals surface area contributed by atoms with Gasteiger partial charge in [-0.3, -0.25) is 0 Å². The number of hydrogen-bond acceptors (Lipinski definition) is 4. The van der Waals surface area contributed by atoms with E-state index in [1.165, 1.54) is 12.8 Å². The number of hydrogen-bond donors (Lipinski definition) is 0. The van der Waals surface area contributed by atoms with Crippen LogP contribution in [0.4, 0.5) is 0 Å². The van der Waals surface area contributed by atoms with E-state index in [9.17, 15) is 0 Å². The second-order valence-electron chi connectivity index (χ2n) is 3.83. The molecule has 70 valence electrons. The maximum absolute atomic E-state index is 5.27. The van der Waals surface area contributed by atoms with Crippen LogP contribution in [0.15, 0.2) is 4.52 Å². The SMILES string of the molecule is C1CC(c2nc(C3CC3)no2)CO1. The molecule has 4 heteroatoms. The molecule has 2 aliphatic rings. The minimum Gasteiger partial charge on any atom is -0.381 e. The fourth-order valence-corrected chi connectivity index (χ4v) is 1.65.